The summed E-state index contributed by atoms with van der Waals surface area (Å²) < 4.78 is 4.70. The Morgan fingerprint density at radius 3 is 2.48 bits per heavy atom. The van der Waals surface area contributed by atoms with Crippen molar-refractivity contribution < 1.29 is 9.53 Å². The topological polar surface area (TPSA) is 52.3 Å². The number of methoxy groups -OCH3 is 1. The number of aryl methyl sites for hydroxylation is 2. The molecule has 0 aliphatic carbocycles. The number of ether oxygens (including phenoxy) is 1. The molecule has 0 amide bonds. The van der Waals surface area contributed by atoms with Crippen molar-refractivity contribution in [3.63, 3.8) is 0 Å². The first-order valence-corrected chi connectivity index (χ1v) is 7.79. The lowest BCUT2D eigenvalue weighted by atomic mass is 9.89. The summed E-state index contributed by atoms with van der Waals surface area (Å²) in [5.41, 5.74) is 11.4. The molecule has 21 heavy (non-hydrogen) atoms. The van der Waals surface area contributed by atoms with Gasteiger partial charge in [0.05, 0.1) is 7.11 Å². The smallest absolute Gasteiger partial charge is 0.322 e. The van der Waals surface area contributed by atoms with E-state index in [1.807, 2.05) is 0 Å². The molecule has 2 N–H and O–H groups in total. The van der Waals surface area contributed by atoms with E-state index < -0.39 is 6.04 Å². The van der Waals surface area contributed by atoms with Crippen molar-refractivity contribution >= 4 is 5.97 Å². The average molecular weight is 291 g/mol. The second-order valence-electron chi connectivity index (χ2n) is 5.97. The zero-order valence-corrected chi connectivity index (χ0v) is 14.0. The maximum Gasteiger partial charge on any atom is 0.322 e. The maximum absolute atomic E-state index is 11.4. The maximum atomic E-state index is 11.4. The molecule has 2 atom stereocenters. The van der Waals surface area contributed by atoms with E-state index >= 15 is 0 Å². The highest BCUT2D eigenvalue weighted by Gasteiger charge is 2.19. The number of benzene rings is 1. The van der Waals surface area contributed by atoms with Crippen molar-refractivity contribution in [3.05, 3.63) is 34.4 Å². The van der Waals surface area contributed by atoms with Crippen molar-refractivity contribution in [3.8, 4) is 0 Å². The molecule has 0 heterocycles. The molecule has 0 radical (unpaired) electrons. The average Bonchev–Trinajstić information content (AvgIpc) is 2.49. The molecule has 1 aromatic rings. The summed E-state index contributed by atoms with van der Waals surface area (Å²) in [6, 6.07) is 3.92. The zero-order valence-electron chi connectivity index (χ0n) is 14.0. The van der Waals surface area contributed by atoms with Gasteiger partial charge in [-0.05, 0) is 68.2 Å². The number of hydrogen-bond acceptors (Lipinski definition) is 3. The molecule has 3 nitrogen and oxygen atoms in total. The molecule has 118 valence electrons. The summed E-state index contributed by atoms with van der Waals surface area (Å²) in [5, 5.41) is 0. The predicted octanol–water partition coefficient (Wildman–Crippen LogP) is 3.46. The fraction of sp³-hybridized carbons (Fsp3) is 0.611. The largest absolute Gasteiger partial charge is 0.468 e. The molecule has 0 saturated carbocycles. The molecule has 3 heteroatoms. The van der Waals surface area contributed by atoms with Crippen molar-refractivity contribution in [2.24, 2.45) is 11.7 Å². The highest BCUT2D eigenvalue weighted by atomic mass is 16.5. The molecular weight excluding hydrogens is 262 g/mol. The Morgan fingerprint density at radius 2 is 1.90 bits per heavy atom. The Bertz CT molecular complexity index is 482. The third-order valence-electron chi connectivity index (χ3n) is 4.66. The van der Waals surface area contributed by atoms with Gasteiger partial charge in [0.15, 0.2) is 0 Å². The molecule has 1 rings (SSSR count). The number of nitrogens with two attached hydrogens (primary N) is 1. The number of carbonyl (C=O) groups is 1. The lowest BCUT2D eigenvalue weighted by molar-refractivity contribution is -0.142. The van der Waals surface area contributed by atoms with Gasteiger partial charge in [-0.25, -0.2) is 0 Å². The van der Waals surface area contributed by atoms with Crippen LogP contribution in [0.2, 0.25) is 0 Å². The van der Waals surface area contributed by atoms with E-state index in [9.17, 15) is 4.79 Å². The SMILES string of the molecule is CCC(CCc1ccc(C)c(C)c1C)CC(N)C(=O)OC. The Morgan fingerprint density at radius 1 is 1.24 bits per heavy atom. The quantitative estimate of drug-likeness (QED) is 0.783. The van der Waals surface area contributed by atoms with Crippen LogP contribution in [0.4, 0.5) is 0 Å². The molecule has 0 bridgehead atoms. The van der Waals surface area contributed by atoms with Crippen molar-refractivity contribution in [2.45, 2.75) is 59.4 Å². The van der Waals surface area contributed by atoms with Crippen LogP contribution >= 0.6 is 0 Å². The van der Waals surface area contributed by atoms with Gasteiger partial charge in [0.1, 0.15) is 6.04 Å². The minimum atomic E-state index is -0.499. The first-order chi connectivity index (χ1) is 9.90. The molecule has 0 aromatic heterocycles. The zero-order chi connectivity index (χ0) is 16.0. The number of hydrogen-bond donors (Lipinski definition) is 1. The van der Waals surface area contributed by atoms with Crippen LogP contribution in [0.1, 0.15) is 48.4 Å². The van der Waals surface area contributed by atoms with Gasteiger partial charge in [-0.2, -0.15) is 0 Å². The van der Waals surface area contributed by atoms with Crippen molar-refractivity contribution in [1.82, 2.24) is 0 Å². The lowest BCUT2D eigenvalue weighted by Crippen LogP contribution is -2.33. The van der Waals surface area contributed by atoms with Gasteiger partial charge in [-0.1, -0.05) is 25.5 Å². The highest BCUT2D eigenvalue weighted by molar-refractivity contribution is 5.75. The molecular formula is C18H29NO2. The van der Waals surface area contributed by atoms with Crippen LogP contribution in [0.25, 0.3) is 0 Å². The summed E-state index contributed by atoms with van der Waals surface area (Å²) >= 11 is 0. The van der Waals surface area contributed by atoms with Gasteiger partial charge in [-0.15, -0.1) is 0 Å². The molecule has 0 saturated heterocycles. The normalized spacial score (nSPS) is 13.8. The minimum Gasteiger partial charge on any atom is -0.468 e. The Hall–Kier alpha value is -1.35. The molecule has 0 aliphatic heterocycles. The summed E-state index contributed by atoms with van der Waals surface area (Å²) in [5.74, 6) is 0.149. The Labute approximate surface area is 128 Å². The van der Waals surface area contributed by atoms with Crippen LogP contribution in [-0.4, -0.2) is 19.1 Å². The van der Waals surface area contributed by atoms with E-state index in [0.717, 1.165) is 19.3 Å². The van der Waals surface area contributed by atoms with E-state index in [1.165, 1.54) is 29.4 Å². The van der Waals surface area contributed by atoms with E-state index in [4.69, 9.17) is 10.5 Å². The molecule has 1 aromatic carbocycles. The minimum absolute atomic E-state index is 0.309. The van der Waals surface area contributed by atoms with Crippen LogP contribution in [0.15, 0.2) is 12.1 Å². The summed E-state index contributed by atoms with van der Waals surface area (Å²) in [6.45, 7) is 8.68. The molecule has 0 fully saturated rings. The standard InChI is InChI=1S/C18H29NO2/c1-6-15(11-17(19)18(20)21-5)8-10-16-9-7-12(2)13(3)14(16)4/h7,9,15,17H,6,8,10-11,19H2,1-5H3. The van der Waals surface area contributed by atoms with Gasteiger partial charge in [0, 0.05) is 0 Å². The summed E-state index contributed by atoms with van der Waals surface area (Å²) in [7, 11) is 1.39. The number of carbonyl (C=O) groups excluding carboxylic acids is 1. The van der Waals surface area contributed by atoms with Crippen LogP contribution in [0.3, 0.4) is 0 Å². The van der Waals surface area contributed by atoms with Gasteiger partial charge in [-0.3, -0.25) is 4.79 Å². The Balaban J connectivity index is 2.64. The monoisotopic (exact) mass is 291 g/mol. The van der Waals surface area contributed by atoms with E-state index in [1.54, 1.807) is 0 Å². The lowest BCUT2D eigenvalue weighted by Gasteiger charge is -2.19. The van der Waals surface area contributed by atoms with Crippen LogP contribution in [0, 0.1) is 26.7 Å². The predicted molar refractivity (Wildman–Crippen MR) is 87.4 cm³/mol. The molecule has 2 unspecified atom stereocenters. The molecule has 0 aliphatic rings. The third-order valence-corrected chi connectivity index (χ3v) is 4.66. The van der Waals surface area contributed by atoms with Crippen LogP contribution in [-0.2, 0) is 16.0 Å². The first-order valence-electron chi connectivity index (χ1n) is 7.79. The van der Waals surface area contributed by atoms with E-state index in [2.05, 4.69) is 39.8 Å². The fourth-order valence-electron chi connectivity index (χ4n) is 2.74. The third kappa shape index (κ3) is 4.85. The fourth-order valence-corrected chi connectivity index (χ4v) is 2.74. The summed E-state index contributed by atoms with van der Waals surface area (Å²) in [4.78, 5) is 11.4. The van der Waals surface area contributed by atoms with E-state index in [-0.39, 0.29) is 5.97 Å². The number of esters is 1. The van der Waals surface area contributed by atoms with Gasteiger partial charge >= 0.3 is 5.97 Å². The highest BCUT2D eigenvalue weighted by Crippen LogP contribution is 2.23. The van der Waals surface area contributed by atoms with Gasteiger partial charge < -0.3 is 10.5 Å². The second kappa shape index (κ2) is 8.18. The van der Waals surface area contributed by atoms with Gasteiger partial charge in [0.25, 0.3) is 0 Å². The van der Waals surface area contributed by atoms with Crippen LogP contribution in [0.5, 0.6) is 0 Å². The Kier molecular flexibility index (Phi) is 6.90. The van der Waals surface area contributed by atoms with E-state index in [0.29, 0.717) is 12.3 Å². The number of rotatable bonds is 7. The molecule has 0 spiro atoms. The van der Waals surface area contributed by atoms with Crippen molar-refractivity contribution in [1.29, 1.82) is 0 Å². The summed E-state index contributed by atoms with van der Waals surface area (Å²) in [6.07, 6.45) is 3.84. The van der Waals surface area contributed by atoms with Gasteiger partial charge in [0.2, 0.25) is 0 Å². The van der Waals surface area contributed by atoms with Crippen molar-refractivity contribution in [2.75, 3.05) is 7.11 Å². The first kappa shape index (κ1) is 17.7. The van der Waals surface area contributed by atoms with Crippen LogP contribution < -0.4 is 5.73 Å². The second-order valence-corrected chi connectivity index (χ2v) is 5.97.